The van der Waals surface area contributed by atoms with Crippen molar-refractivity contribution >= 4 is 27.0 Å². The summed E-state index contributed by atoms with van der Waals surface area (Å²) in [6.45, 7) is 1.58. The molecule has 0 unspecified atom stereocenters. The zero-order valence-electron chi connectivity index (χ0n) is 17.8. The van der Waals surface area contributed by atoms with Gasteiger partial charge in [0.2, 0.25) is 15.9 Å². The second kappa shape index (κ2) is 8.94. The van der Waals surface area contributed by atoms with E-state index in [1.165, 1.54) is 13.1 Å². The highest BCUT2D eigenvalue weighted by molar-refractivity contribution is 7.89. The molecule has 0 spiro atoms. The molecule has 164 valence electrons. The van der Waals surface area contributed by atoms with Crippen molar-refractivity contribution in [1.29, 1.82) is 0 Å². The van der Waals surface area contributed by atoms with E-state index in [2.05, 4.69) is 15.3 Å². The number of H-pyrrole nitrogens is 1. The van der Waals surface area contributed by atoms with Gasteiger partial charge in [-0.25, -0.2) is 13.4 Å². The summed E-state index contributed by atoms with van der Waals surface area (Å²) in [5.74, 6) is 0.291. The summed E-state index contributed by atoms with van der Waals surface area (Å²) in [5, 5.41) is 2.84. The van der Waals surface area contributed by atoms with Crippen LogP contribution in [0.25, 0.3) is 22.4 Å². The quantitative estimate of drug-likeness (QED) is 0.450. The van der Waals surface area contributed by atoms with Gasteiger partial charge in [-0.3, -0.25) is 4.79 Å². The van der Waals surface area contributed by atoms with Crippen LogP contribution in [0.5, 0.6) is 0 Å². The molecule has 1 amide bonds. The molecule has 4 rings (SSSR count). The predicted molar refractivity (Wildman–Crippen MR) is 124 cm³/mol. The van der Waals surface area contributed by atoms with Crippen LogP contribution in [0.1, 0.15) is 18.5 Å². The smallest absolute Gasteiger partial charge is 0.243 e. The van der Waals surface area contributed by atoms with E-state index >= 15 is 0 Å². The maximum Gasteiger partial charge on any atom is 0.243 e. The van der Waals surface area contributed by atoms with Crippen LogP contribution in [-0.4, -0.2) is 42.2 Å². The van der Waals surface area contributed by atoms with E-state index in [9.17, 15) is 13.2 Å². The molecule has 0 radical (unpaired) electrons. The zero-order valence-corrected chi connectivity index (χ0v) is 18.6. The first-order chi connectivity index (χ1) is 15.3. The number of carbonyl (C=O) groups is 1. The minimum absolute atomic E-state index is 0.0969. The number of rotatable bonds is 7. The van der Waals surface area contributed by atoms with Crippen LogP contribution < -0.4 is 5.32 Å². The van der Waals surface area contributed by atoms with Crippen molar-refractivity contribution in [3.8, 4) is 11.4 Å². The minimum Gasteiger partial charge on any atom is -0.348 e. The fourth-order valence-electron chi connectivity index (χ4n) is 3.46. The lowest BCUT2D eigenvalue weighted by molar-refractivity contribution is -0.121. The Morgan fingerprint density at radius 1 is 1.03 bits per heavy atom. The molecule has 1 heterocycles. The third-order valence-electron chi connectivity index (χ3n) is 5.25. The second-order valence-electron chi connectivity index (χ2n) is 7.59. The second-order valence-corrected chi connectivity index (χ2v) is 9.64. The number of benzene rings is 3. The van der Waals surface area contributed by atoms with Gasteiger partial charge in [-0.1, -0.05) is 60.7 Å². The fraction of sp³-hybridized carbons (Fsp3) is 0.167. The first-order valence-corrected chi connectivity index (χ1v) is 11.6. The van der Waals surface area contributed by atoms with Crippen molar-refractivity contribution in [3.05, 3.63) is 84.4 Å². The molecule has 4 aromatic rings. The van der Waals surface area contributed by atoms with Crippen LogP contribution in [0, 0.1) is 0 Å². The first kappa shape index (κ1) is 21.7. The van der Waals surface area contributed by atoms with Gasteiger partial charge in [0, 0.05) is 12.6 Å². The van der Waals surface area contributed by atoms with Gasteiger partial charge in [-0.15, -0.1) is 0 Å². The molecule has 2 N–H and O–H groups in total. The Hall–Kier alpha value is -3.49. The first-order valence-electron chi connectivity index (χ1n) is 10.2. The van der Waals surface area contributed by atoms with Gasteiger partial charge in [0.1, 0.15) is 5.82 Å². The Morgan fingerprint density at radius 2 is 1.69 bits per heavy atom. The number of imidazole rings is 1. The summed E-state index contributed by atoms with van der Waals surface area (Å²) in [6.07, 6.45) is 0. The molecule has 0 bridgehead atoms. The predicted octanol–water partition coefficient (Wildman–Crippen LogP) is 3.73. The molecule has 0 aliphatic carbocycles. The molecule has 0 aliphatic heterocycles. The molecule has 3 aromatic carbocycles. The fourth-order valence-corrected chi connectivity index (χ4v) is 4.62. The van der Waals surface area contributed by atoms with Gasteiger partial charge < -0.3 is 10.3 Å². The Morgan fingerprint density at radius 3 is 2.38 bits per heavy atom. The summed E-state index contributed by atoms with van der Waals surface area (Å²) < 4.78 is 27.2. The number of aromatic amines is 1. The average molecular weight is 449 g/mol. The van der Waals surface area contributed by atoms with E-state index in [0.717, 1.165) is 15.4 Å². The van der Waals surface area contributed by atoms with Crippen molar-refractivity contribution in [2.45, 2.75) is 17.9 Å². The summed E-state index contributed by atoms with van der Waals surface area (Å²) >= 11 is 0. The number of hydrogen-bond acceptors (Lipinski definition) is 4. The van der Waals surface area contributed by atoms with E-state index in [1.807, 2.05) is 67.6 Å². The van der Waals surface area contributed by atoms with E-state index in [0.29, 0.717) is 16.9 Å². The summed E-state index contributed by atoms with van der Waals surface area (Å²) in [7, 11) is -2.46. The summed E-state index contributed by atoms with van der Waals surface area (Å²) in [6, 6.07) is 23.6. The van der Waals surface area contributed by atoms with Crippen molar-refractivity contribution in [2.75, 3.05) is 13.6 Å². The Kier molecular flexibility index (Phi) is 6.07. The van der Waals surface area contributed by atoms with Crippen LogP contribution >= 0.6 is 0 Å². The summed E-state index contributed by atoms with van der Waals surface area (Å²) in [5.41, 5.74) is 3.14. The monoisotopic (exact) mass is 448 g/mol. The lowest BCUT2D eigenvalue weighted by atomic mass is 10.1. The Balaban J connectivity index is 1.50. The average Bonchev–Trinajstić information content (AvgIpc) is 3.23. The topological polar surface area (TPSA) is 95.2 Å². The number of nitrogens with one attached hydrogen (secondary N) is 2. The molecule has 1 aromatic heterocycles. The molecule has 0 fully saturated rings. The van der Waals surface area contributed by atoms with Crippen LogP contribution in [-0.2, 0) is 14.8 Å². The maximum atomic E-state index is 13.1. The van der Waals surface area contributed by atoms with Gasteiger partial charge in [-0.05, 0) is 30.7 Å². The zero-order chi connectivity index (χ0) is 22.7. The minimum atomic E-state index is -3.86. The number of amides is 1. The molecular weight excluding hydrogens is 424 g/mol. The van der Waals surface area contributed by atoms with E-state index in [-0.39, 0.29) is 23.4 Å². The molecule has 7 nitrogen and oxygen atoms in total. The number of hydrogen-bond donors (Lipinski definition) is 2. The highest BCUT2D eigenvalue weighted by Gasteiger charge is 2.24. The third kappa shape index (κ3) is 4.56. The van der Waals surface area contributed by atoms with Gasteiger partial charge in [0.25, 0.3) is 0 Å². The van der Waals surface area contributed by atoms with Gasteiger partial charge in [0.15, 0.2) is 0 Å². The largest absolute Gasteiger partial charge is 0.348 e. The van der Waals surface area contributed by atoms with Crippen molar-refractivity contribution in [1.82, 2.24) is 19.6 Å². The standard InChI is InChI=1S/C24H24N4O3S/c1-17(18-9-5-3-6-10-18)25-23(29)16-28(2)32(30,31)20-13-14-21-22(15-20)27-24(26-21)19-11-7-4-8-12-19/h3-15,17H,16H2,1-2H3,(H,25,29)(H,26,27)/t17-/m0/s1. The van der Waals surface area contributed by atoms with Crippen LogP contribution in [0.15, 0.2) is 83.8 Å². The molecule has 8 heteroatoms. The molecular formula is C24H24N4O3S. The van der Waals surface area contributed by atoms with Gasteiger partial charge in [0.05, 0.1) is 28.5 Å². The van der Waals surface area contributed by atoms with E-state index in [4.69, 9.17) is 0 Å². The lowest BCUT2D eigenvalue weighted by Crippen LogP contribution is -2.39. The Bertz CT molecular complexity index is 1340. The van der Waals surface area contributed by atoms with Crippen molar-refractivity contribution in [3.63, 3.8) is 0 Å². The maximum absolute atomic E-state index is 13.1. The molecule has 0 saturated heterocycles. The van der Waals surface area contributed by atoms with Crippen molar-refractivity contribution in [2.24, 2.45) is 0 Å². The summed E-state index contributed by atoms with van der Waals surface area (Å²) in [4.78, 5) is 20.3. The molecule has 0 saturated carbocycles. The number of carbonyl (C=O) groups excluding carboxylic acids is 1. The van der Waals surface area contributed by atoms with E-state index in [1.54, 1.807) is 12.1 Å². The van der Waals surface area contributed by atoms with Gasteiger partial charge in [-0.2, -0.15) is 4.31 Å². The van der Waals surface area contributed by atoms with Crippen LogP contribution in [0.2, 0.25) is 0 Å². The number of sulfonamides is 1. The van der Waals surface area contributed by atoms with Crippen LogP contribution in [0.3, 0.4) is 0 Å². The number of aromatic nitrogens is 2. The normalized spacial score (nSPS) is 12.7. The van der Waals surface area contributed by atoms with E-state index < -0.39 is 10.0 Å². The highest BCUT2D eigenvalue weighted by atomic mass is 32.2. The number of nitrogens with zero attached hydrogens (tertiary/aromatic N) is 2. The molecule has 0 aliphatic rings. The molecule has 32 heavy (non-hydrogen) atoms. The number of fused-ring (bicyclic) bond motifs is 1. The number of likely N-dealkylation sites (N-methyl/N-ethyl adjacent to an activating group) is 1. The van der Waals surface area contributed by atoms with Crippen LogP contribution in [0.4, 0.5) is 0 Å². The SMILES string of the molecule is C[C@H](NC(=O)CN(C)S(=O)(=O)c1ccc2nc(-c3ccccc3)[nH]c2c1)c1ccccc1. The van der Waals surface area contributed by atoms with Gasteiger partial charge >= 0.3 is 0 Å². The lowest BCUT2D eigenvalue weighted by Gasteiger charge is -2.19. The third-order valence-corrected chi connectivity index (χ3v) is 7.05. The highest BCUT2D eigenvalue weighted by Crippen LogP contribution is 2.24. The van der Waals surface area contributed by atoms with Crippen molar-refractivity contribution < 1.29 is 13.2 Å². The molecule has 1 atom stereocenters. The Labute approximate surface area is 187 Å².